The molecule has 19 heavy (non-hydrogen) atoms. The minimum absolute atomic E-state index is 0.190. The molecule has 0 aromatic carbocycles. The number of methoxy groups -OCH3 is 2. The molecule has 0 bridgehead atoms. The largest absolute Gasteiger partial charge is 0.469 e. The Balaban J connectivity index is 2.42. The van der Waals surface area contributed by atoms with Gasteiger partial charge >= 0.3 is 5.97 Å². The maximum atomic E-state index is 11.2. The Morgan fingerprint density at radius 3 is 2.74 bits per heavy atom. The van der Waals surface area contributed by atoms with E-state index in [-0.39, 0.29) is 5.97 Å². The molecule has 0 aliphatic rings. The number of esters is 1. The first-order valence-corrected chi connectivity index (χ1v) is 7.38. The van der Waals surface area contributed by atoms with Crippen molar-refractivity contribution in [1.82, 2.24) is 5.32 Å². The number of hydrogen-bond donors (Lipinski definition) is 1. The van der Waals surface area contributed by atoms with Gasteiger partial charge in [0.15, 0.2) is 0 Å². The minimum Gasteiger partial charge on any atom is -0.469 e. The summed E-state index contributed by atoms with van der Waals surface area (Å²) >= 11 is 1.65. The third kappa shape index (κ3) is 6.18. The SMILES string of the molecule is CCCC(COC)NCc1ccc(CC(=O)OC)s1. The summed E-state index contributed by atoms with van der Waals surface area (Å²) in [6, 6.07) is 4.44. The Bertz CT molecular complexity index is 373. The van der Waals surface area contributed by atoms with Crippen molar-refractivity contribution in [3.8, 4) is 0 Å². The van der Waals surface area contributed by atoms with E-state index in [1.165, 1.54) is 12.0 Å². The molecule has 5 heteroatoms. The van der Waals surface area contributed by atoms with E-state index in [2.05, 4.69) is 23.0 Å². The number of nitrogens with one attached hydrogen (secondary N) is 1. The molecule has 1 N–H and O–H groups in total. The molecule has 1 rings (SSSR count). The third-order valence-electron chi connectivity index (χ3n) is 2.83. The fraction of sp³-hybridized carbons (Fsp3) is 0.643. The van der Waals surface area contributed by atoms with Crippen LogP contribution in [0.25, 0.3) is 0 Å². The van der Waals surface area contributed by atoms with Gasteiger partial charge in [0, 0.05) is 29.5 Å². The quantitative estimate of drug-likeness (QED) is 0.708. The highest BCUT2D eigenvalue weighted by Gasteiger charge is 2.09. The van der Waals surface area contributed by atoms with Crippen LogP contribution in [0.5, 0.6) is 0 Å². The van der Waals surface area contributed by atoms with E-state index in [0.717, 1.165) is 30.9 Å². The van der Waals surface area contributed by atoms with E-state index in [1.807, 2.05) is 6.07 Å². The normalized spacial score (nSPS) is 12.4. The van der Waals surface area contributed by atoms with E-state index >= 15 is 0 Å². The highest BCUT2D eigenvalue weighted by Crippen LogP contribution is 2.17. The van der Waals surface area contributed by atoms with Gasteiger partial charge in [0.1, 0.15) is 0 Å². The van der Waals surface area contributed by atoms with Gasteiger partial charge in [-0.3, -0.25) is 4.79 Å². The second kappa shape index (κ2) is 9.07. The fourth-order valence-electron chi connectivity index (χ4n) is 1.87. The van der Waals surface area contributed by atoms with E-state index in [1.54, 1.807) is 18.4 Å². The molecule has 0 fully saturated rings. The van der Waals surface area contributed by atoms with Crippen molar-refractivity contribution >= 4 is 17.3 Å². The molecular weight excluding hydrogens is 262 g/mol. The molecule has 0 aliphatic carbocycles. The van der Waals surface area contributed by atoms with Crippen LogP contribution in [0.15, 0.2) is 12.1 Å². The second-order valence-corrected chi connectivity index (χ2v) is 5.70. The molecule has 1 atom stereocenters. The van der Waals surface area contributed by atoms with Crippen molar-refractivity contribution in [1.29, 1.82) is 0 Å². The summed E-state index contributed by atoms with van der Waals surface area (Å²) in [7, 11) is 3.14. The molecule has 108 valence electrons. The van der Waals surface area contributed by atoms with Crippen LogP contribution >= 0.6 is 11.3 Å². The lowest BCUT2D eigenvalue weighted by molar-refractivity contribution is -0.139. The average molecular weight is 285 g/mol. The van der Waals surface area contributed by atoms with Gasteiger partial charge in [0.2, 0.25) is 0 Å². The van der Waals surface area contributed by atoms with E-state index in [9.17, 15) is 4.79 Å². The van der Waals surface area contributed by atoms with Crippen LogP contribution in [-0.2, 0) is 27.2 Å². The van der Waals surface area contributed by atoms with Gasteiger partial charge in [-0.05, 0) is 18.6 Å². The summed E-state index contributed by atoms with van der Waals surface area (Å²) in [6.07, 6.45) is 2.60. The number of carbonyl (C=O) groups excluding carboxylic acids is 1. The van der Waals surface area contributed by atoms with Crippen LogP contribution in [0.1, 0.15) is 29.5 Å². The molecule has 4 nitrogen and oxygen atoms in total. The summed E-state index contributed by atoms with van der Waals surface area (Å²) in [5, 5.41) is 3.49. The summed E-state index contributed by atoms with van der Waals surface area (Å²) < 4.78 is 9.86. The van der Waals surface area contributed by atoms with E-state index in [4.69, 9.17) is 4.74 Å². The van der Waals surface area contributed by atoms with Crippen LogP contribution in [0.4, 0.5) is 0 Å². The molecule has 0 saturated carbocycles. The summed E-state index contributed by atoms with van der Waals surface area (Å²) in [5.41, 5.74) is 0. The number of thiophene rings is 1. The molecule has 1 heterocycles. The van der Waals surface area contributed by atoms with Crippen molar-refractivity contribution < 1.29 is 14.3 Å². The van der Waals surface area contributed by atoms with Gasteiger partial charge in [0.05, 0.1) is 20.1 Å². The lowest BCUT2D eigenvalue weighted by Crippen LogP contribution is -2.32. The Hall–Kier alpha value is -0.910. The molecule has 0 aliphatic heterocycles. The topological polar surface area (TPSA) is 47.6 Å². The van der Waals surface area contributed by atoms with Crippen LogP contribution < -0.4 is 5.32 Å². The Morgan fingerprint density at radius 2 is 2.11 bits per heavy atom. The molecule has 1 unspecified atom stereocenters. The standard InChI is InChI=1S/C14H23NO3S/c1-4-5-11(10-17-2)15-9-13-7-6-12(19-13)8-14(16)18-3/h6-7,11,15H,4-5,8-10H2,1-3H3. The highest BCUT2D eigenvalue weighted by molar-refractivity contribution is 7.12. The predicted octanol–water partition coefficient (Wildman–Crippen LogP) is 2.37. The van der Waals surface area contributed by atoms with Gasteiger partial charge in [-0.25, -0.2) is 0 Å². The first-order valence-electron chi connectivity index (χ1n) is 6.56. The first-order chi connectivity index (χ1) is 9.19. The van der Waals surface area contributed by atoms with Gasteiger partial charge in [0.25, 0.3) is 0 Å². The number of hydrogen-bond acceptors (Lipinski definition) is 5. The molecular formula is C14H23NO3S. The zero-order valence-electron chi connectivity index (χ0n) is 11.9. The van der Waals surface area contributed by atoms with Crippen molar-refractivity contribution in [2.45, 2.75) is 38.8 Å². The number of ether oxygens (including phenoxy) is 2. The Morgan fingerprint density at radius 1 is 1.37 bits per heavy atom. The molecule has 0 radical (unpaired) electrons. The van der Waals surface area contributed by atoms with E-state index < -0.39 is 0 Å². The fourth-order valence-corrected chi connectivity index (χ4v) is 2.82. The first kappa shape index (κ1) is 16.1. The molecule has 0 amide bonds. The van der Waals surface area contributed by atoms with Crippen molar-refractivity contribution in [2.24, 2.45) is 0 Å². The maximum Gasteiger partial charge on any atom is 0.310 e. The number of carbonyl (C=O) groups is 1. The molecule has 0 saturated heterocycles. The minimum atomic E-state index is -0.190. The van der Waals surface area contributed by atoms with Crippen molar-refractivity contribution in [2.75, 3.05) is 20.8 Å². The maximum absolute atomic E-state index is 11.2. The lowest BCUT2D eigenvalue weighted by atomic mass is 10.2. The average Bonchev–Trinajstić information content (AvgIpc) is 2.84. The second-order valence-electron chi connectivity index (χ2n) is 4.44. The molecule has 0 spiro atoms. The third-order valence-corrected chi connectivity index (χ3v) is 3.92. The molecule has 1 aromatic heterocycles. The summed E-state index contributed by atoms with van der Waals surface area (Å²) in [4.78, 5) is 13.5. The van der Waals surface area contributed by atoms with E-state index in [0.29, 0.717) is 12.5 Å². The summed E-state index contributed by atoms with van der Waals surface area (Å²) in [6.45, 7) is 3.72. The monoisotopic (exact) mass is 285 g/mol. The zero-order valence-corrected chi connectivity index (χ0v) is 12.7. The van der Waals surface area contributed by atoms with Gasteiger partial charge < -0.3 is 14.8 Å². The van der Waals surface area contributed by atoms with Crippen LogP contribution in [-0.4, -0.2) is 32.8 Å². The van der Waals surface area contributed by atoms with Crippen LogP contribution in [0.2, 0.25) is 0 Å². The predicted molar refractivity (Wildman–Crippen MR) is 77.5 cm³/mol. The summed E-state index contributed by atoms with van der Waals surface area (Å²) in [5.74, 6) is -0.190. The van der Waals surface area contributed by atoms with Crippen LogP contribution in [0.3, 0.4) is 0 Å². The van der Waals surface area contributed by atoms with Gasteiger partial charge in [-0.15, -0.1) is 11.3 Å². The Kier molecular flexibility index (Phi) is 7.70. The van der Waals surface area contributed by atoms with Crippen LogP contribution in [0, 0.1) is 0 Å². The van der Waals surface area contributed by atoms with Crippen molar-refractivity contribution in [3.05, 3.63) is 21.9 Å². The highest BCUT2D eigenvalue weighted by atomic mass is 32.1. The zero-order chi connectivity index (χ0) is 14.1. The lowest BCUT2D eigenvalue weighted by Gasteiger charge is -2.16. The molecule has 1 aromatic rings. The number of rotatable bonds is 9. The Labute approximate surface area is 119 Å². The van der Waals surface area contributed by atoms with Gasteiger partial charge in [-0.1, -0.05) is 13.3 Å². The van der Waals surface area contributed by atoms with Gasteiger partial charge in [-0.2, -0.15) is 0 Å². The van der Waals surface area contributed by atoms with Crippen molar-refractivity contribution in [3.63, 3.8) is 0 Å². The smallest absolute Gasteiger partial charge is 0.310 e.